The number of carbonyl (C=O) groups is 1. The Hall–Kier alpha value is -1.25. The predicted molar refractivity (Wildman–Crippen MR) is 63.8 cm³/mol. The monoisotopic (exact) mass is 296 g/mol. The molecule has 19 heavy (non-hydrogen) atoms. The maximum absolute atomic E-state index is 12.4. The molecule has 0 aromatic rings. The number of amides is 1. The highest BCUT2D eigenvalue weighted by Crippen LogP contribution is 2.26. The molecule has 1 fully saturated rings. The molecule has 1 aliphatic rings. The van der Waals surface area contributed by atoms with E-state index in [1.165, 1.54) is 0 Å². The Bertz CT molecular complexity index is 403. The van der Waals surface area contributed by atoms with Crippen LogP contribution in [0.3, 0.4) is 0 Å². The number of halogens is 3. The van der Waals surface area contributed by atoms with E-state index in [9.17, 15) is 18.0 Å². The van der Waals surface area contributed by atoms with Gasteiger partial charge in [-0.1, -0.05) is 5.11 Å². The van der Waals surface area contributed by atoms with Gasteiger partial charge < -0.3 is 9.33 Å². The van der Waals surface area contributed by atoms with Gasteiger partial charge in [-0.15, -0.1) is 0 Å². The fourth-order valence-corrected chi connectivity index (χ4v) is 2.99. The van der Waals surface area contributed by atoms with Crippen LogP contribution in [0, 0.1) is 0 Å². The molecule has 1 heterocycles. The van der Waals surface area contributed by atoms with E-state index >= 15 is 0 Å². The number of nitrogens with zero attached hydrogens (tertiary/aromatic N) is 4. The van der Waals surface area contributed by atoms with Gasteiger partial charge in [-0.2, -0.15) is 13.2 Å². The van der Waals surface area contributed by atoms with Crippen molar-refractivity contribution < 1.29 is 22.4 Å². The smallest absolute Gasteiger partial charge is 0.412 e. The van der Waals surface area contributed by atoms with Crippen molar-refractivity contribution in [1.29, 1.82) is 0 Å². The minimum absolute atomic E-state index is 0.202. The largest absolute Gasteiger partial charge is 0.471 e. The van der Waals surface area contributed by atoms with E-state index in [0.29, 0.717) is 4.90 Å². The fraction of sp³-hybridized carbons (Fsp3) is 0.889. The second-order valence-electron chi connectivity index (χ2n) is 5.25. The summed E-state index contributed by atoms with van der Waals surface area (Å²) in [5.74, 6) is -1.92. The van der Waals surface area contributed by atoms with Crippen LogP contribution in [0.25, 0.3) is 10.4 Å². The van der Waals surface area contributed by atoms with Gasteiger partial charge in [0, 0.05) is 18.0 Å². The molecule has 1 unspecified atom stereocenters. The van der Waals surface area contributed by atoms with E-state index in [2.05, 4.69) is 10.0 Å². The molecule has 0 radical (unpaired) electrons. The molecule has 6 nitrogen and oxygen atoms in total. The Kier molecular flexibility index (Phi) is 4.49. The first kappa shape index (κ1) is 15.8. The maximum atomic E-state index is 12.4. The van der Waals surface area contributed by atoms with Crippen molar-refractivity contribution in [2.24, 2.45) is 5.11 Å². The summed E-state index contributed by atoms with van der Waals surface area (Å²) in [6.07, 6.45) is -5.59. The van der Waals surface area contributed by atoms with Crippen molar-refractivity contribution >= 4 is 14.2 Å². The van der Waals surface area contributed by atoms with E-state index in [1.54, 1.807) is 0 Å². The van der Waals surface area contributed by atoms with Crippen molar-refractivity contribution in [2.75, 3.05) is 13.1 Å². The van der Waals surface area contributed by atoms with Crippen LogP contribution in [0.4, 0.5) is 13.2 Å². The SMILES string of the molecule is C[Si](C)(C)O[C@H]1CN(C(=O)C(F)(F)F)CC1N=[N+]=[N-]. The second-order valence-corrected chi connectivity index (χ2v) is 9.71. The van der Waals surface area contributed by atoms with Crippen molar-refractivity contribution in [3.8, 4) is 0 Å². The number of carbonyl (C=O) groups excluding carboxylic acids is 1. The molecule has 0 aliphatic carbocycles. The average Bonchev–Trinajstić information content (AvgIpc) is 2.57. The van der Waals surface area contributed by atoms with Gasteiger partial charge in [0.25, 0.3) is 0 Å². The lowest BCUT2D eigenvalue weighted by molar-refractivity contribution is -0.184. The van der Waals surface area contributed by atoms with Gasteiger partial charge >= 0.3 is 12.1 Å². The van der Waals surface area contributed by atoms with Crippen LogP contribution in [-0.2, 0) is 9.22 Å². The van der Waals surface area contributed by atoms with Gasteiger partial charge in [0.1, 0.15) is 0 Å². The number of azide groups is 1. The van der Waals surface area contributed by atoms with Crippen molar-refractivity contribution in [2.45, 2.75) is 38.0 Å². The van der Waals surface area contributed by atoms with Crippen LogP contribution < -0.4 is 0 Å². The summed E-state index contributed by atoms with van der Waals surface area (Å²) < 4.78 is 42.7. The molecular formula is C9H15F3N4O2Si. The summed E-state index contributed by atoms with van der Waals surface area (Å²) >= 11 is 0. The van der Waals surface area contributed by atoms with Crippen LogP contribution in [-0.4, -0.2) is 50.5 Å². The van der Waals surface area contributed by atoms with Crippen molar-refractivity contribution in [1.82, 2.24) is 4.90 Å². The van der Waals surface area contributed by atoms with E-state index in [4.69, 9.17) is 9.96 Å². The van der Waals surface area contributed by atoms with E-state index in [0.717, 1.165) is 0 Å². The first-order valence-corrected chi connectivity index (χ1v) is 9.03. The first-order chi connectivity index (χ1) is 8.54. The summed E-state index contributed by atoms with van der Waals surface area (Å²) in [5.41, 5.74) is 8.42. The molecule has 0 saturated carbocycles. The van der Waals surface area contributed by atoms with Gasteiger partial charge in [0.15, 0.2) is 8.32 Å². The number of hydrogen-bond acceptors (Lipinski definition) is 3. The normalized spacial score (nSPS) is 24.2. The van der Waals surface area contributed by atoms with Gasteiger partial charge in [-0.25, -0.2) is 0 Å². The number of hydrogen-bond donors (Lipinski definition) is 0. The molecule has 0 aromatic heterocycles. The van der Waals surface area contributed by atoms with Gasteiger partial charge in [0.05, 0.1) is 12.1 Å². The van der Waals surface area contributed by atoms with E-state index in [1.807, 2.05) is 19.6 Å². The molecule has 1 rings (SSSR count). The lowest BCUT2D eigenvalue weighted by atomic mass is 10.2. The fourth-order valence-electron chi connectivity index (χ4n) is 1.85. The molecule has 1 saturated heterocycles. The first-order valence-electron chi connectivity index (χ1n) is 5.62. The molecule has 108 valence electrons. The zero-order valence-corrected chi connectivity index (χ0v) is 11.8. The van der Waals surface area contributed by atoms with Crippen LogP contribution in [0.5, 0.6) is 0 Å². The van der Waals surface area contributed by atoms with Crippen LogP contribution in [0.2, 0.25) is 19.6 Å². The summed E-state index contributed by atoms with van der Waals surface area (Å²) in [4.78, 5) is 14.4. The highest BCUT2D eigenvalue weighted by molar-refractivity contribution is 6.69. The summed E-state index contributed by atoms with van der Waals surface area (Å²) in [6, 6.07) is -0.775. The highest BCUT2D eigenvalue weighted by Gasteiger charge is 2.47. The predicted octanol–water partition coefficient (Wildman–Crippen LogP) is 2.29. The third kappa shape index (κ3) is 4.41. The molecule has 1 aliphatic heterocycles. The van der Waals surface area contributed by atoms with Crippen LogP contribution in [0.15, 0.2) is 5.11 Å². The third-order valence-corrected chi connectivity index (χ3v) is 3.48. The molecule has 0 bridgehead atoms. The van der Waals surface area contributed by atoms with Crippen LogP contribution >= 0.6 is 0 Å². The lowest BCUT2D eigenvalue weighted by Crippen LogP contribution is -2.41. The van der Waals surface area contributed by atoms with Crippen molar-refractivity contribution in [3.63, 3.8) is 0 Å². The van der Waals surface area contributed by atoms with Gasteiger partial charge in [-0.3, -0.25) is 4.79 Å². The second kappa shape index (κ2) is 5.39. The van der Waals surface area contributed by atoms with E-state index in [-0.39, 0.29) is 13.1 Å². The molecule has 0 aromatic carbocycles. The lowest BCUT2D eigenvalue weighted by Gasteiger charge is -2.25. The molecule has 10 heteroatoms. The Balaban J connectivity index is 2.83. The average molecular weight is 296 g/mol. The Morgan fingerprint density at radius 2 is 2.00 bits per heavy atom. The molecule has 1 amide bonds. The zero-order valence-electron chi connectivity index (χ0n) is 10.8. The van der Waals surface area contributed by atoms with Crippen molar-refractivity contribution in [3.05, 3.63) is 10.4 Å². The van der Waals surface area contributed by atoms with E-state index < -0.39 is 32.5 Å². The molecule has 0 spiro atoms. The minimum atomic E-state index is -4.92. The minimum Gasteiger partial charge on any atom is -0.412 e. The van der Waals surface area contributed by atoms with Gasteiger partial charge in [0.2, 0.25) is 0 Å². The third-order valence-electron chi connectivity index (χ3n) is 2.47. The summed E-state index contributed by atoms with van der Waals surface area (Å²) in [7, 11) is -2.01. The standard InChI is InChI=1S/C9H15F3N4O2Si/c1-19(2,3)18-7-5-16(4-6(7)14-15-13)8(17)9(10,11)12/h6-7H,4-5H2,1-3H3/t6?,7-/m0/s1. The topological polar surface area (TPSA) is 78.3 Å². The number of rotatable bonds is 3. The maximum Gasteiger partial charge on any atom is 0.471 e. The Morgan fingerprint density at radius 1 is 1.42 bits per heavy atom. The Labute approximate surface area is 109 Å². The Morgan fingerprint density at radius 3 is 2.42 bits per heavy atom. The summed E-state index contributed by atoms with van der Waals surface area (Å²) in [6.45, 7) is 5.14. The molecular weight excluding hydrogens is 281 g/mol. The molecule has 2 atom stereocenters. The summed E-state index contributed by atoms with van der Waals surface area (Å²) in [5, 5.41) is 3.42. The number of alkyl halides is 3. The molecule has 0 N–H and O–H groups in total. The quantitative estimate of drug-likeness (QED) is 0.347. The van der Waals surface area contributed by atoms with Crippen LogP contribution in [0.1, 0.15) is 0 Å². The zero-order chi connectivity index (χ0) is 14.8. The van der Waals surface area contributed by atoms with Gasteiger partial charge in [-0.05, 0) is 25.2 Å². The number of likely N-dealkylation sites (tertiary alicyclic amines) is 1. The highest BCUT2D eigenvalue weighted by atomic mass is 28.4.